The molecule has 1 atom stereocenters. The highest BCUT2D eigenvalue weighted by atomic mass is 35.5. The van der Waals surface area contributed by atoms with Gasteiger partial charge >= 0.3 is 0 Å². The SMILES string of the molecule is CC(C)CN(CCC#N)CC(Cl)C#N. The van der Waals surface area contributed by atoms with E-state index in [1.54, 1.807) is 0 Å². The normalized spacial score (nSPS) is 12.5. The van der Waals surface area contributed by atoms with Gasteiger partial charge in [0.05, 0.1) is 12.1 Å². The molecule has 4 heteroatoms. The smallest absolute Gasteiger partial charge is 0.133 e. The Balaban J connectivity index is 3.99. The molecule has 0 saturated carbocycles. The Morgan fingerprint density at radius 1 is 1.29 bits per heavy atom. The van der Waals surface area contributed by atoms with Crippen LogP contribution < -0.4 is 0 Å². The Bertz CT molecular complexity index is 227. The van der Waals surface area contributed by atoms with Gasteiger partial charge in [-0.1, -0.05) is 13.8 Å². The lowest BCUT2D eigenvalue weighted by molar-refractivity contribution is 0.256. The number of hydrogen-bond donors (Lipinski definition) is 0. The van der Waals surface area contributed by atoms with E-state index in [0.717, 1.165) is 6.54 Å². The molecule has 14 heavy (non-hydrogen) atoms. The van der Waals surface area contributed by atoms with Crippen molar-refractivity contribution in [2.24, 2.45) is 5.92 Å². The van der Waals surface area contributed by atoms with Crippen LogP contribution in [0, 0.1) is 28.6 Å². The summed E-state index contributed by atoms with van der Waals surface area (Å²) in [5.41, 5.74) is 0. The van der Waals surface area contributed by atoms with Crippen LogP contribution in [0.2, 0.25) is 0 Å². The van der Waals surface area contributed by atoms with Crippen molar-refractivity contribution in [3.05, 3.63) is 0 Å². The molecule has 0 N–H and O–H groups in total. The van der Waals surface area contributed by atoms with Gasteiger partial charge < -0.3 is 0 Å². The second-order valence-corrected chi connectivity index (χ2v) is 4.18. The predicted octanol–water partition coefficient (Wildman–Crippen LogP) is 1.99. The largest absolute Gasteiger partial charge is 0.300 e. The molecule has 78 valence electrons. The van der Waals surface area contributed by atoms with Gasteiger partial charge in [-0.2, -0.15) is 10.5 Å². The van der Waals surface area contributed by atoms with Crippen LogP contribution in [0.25, 0.3) is 0 Å². The molecule has 0 aromatic rings. The minimum absolute atomic E-state index is 0.479. The summed E-state index contributed by atoms with van der Waals surface area (Å²) in [4.78, 5) is 2.06. The zero-order chi connectivity index (χ0) is 11.0. The van der Waals surface area contributed by atoms with Crippen molar-refractivity contribution in [3.63, 3.8) is 0 Å². The first kappa shape index (κ1) is 13.2. The second-order valence-electron chi connectivity index (χ2n) is 3.66. The fraction of sp³-hybridized carbons (Fsp3) is 0.800. The Morgan fingerprint density at radius 2 is 1.93 bits per heavy atom. The fourth-order valence-electron chi connectivity index (χ4n) is 1.25. The third-order valence-electron chi connectivity index (χ3n) is 1.72. The van der Waals surface area contributed by atoms with Crippen molar-refractivity contribution in [3.8, 4) is 12.1 Å². The van der Waals surface area contributed by atoms with Crippen molar-refractivity contribution in [1.29, 1.82) is 10.5 Å². The highest BCUT2D eigenvalue weighted by molar-refractivity contribution is 6.22. The standard InChI is InChI=1S/C10H16ClN3/c1-9(2)7-14(5-3-4-12)8-10(11)6-13/h9-10H,3,5,7-8H2,1-2H3. The van der Waals surface area contributed by atoms with Gasteiger partial charge in [0.2, 0.25) is 0 Å². The van der Waals surface area contributed by atoms with E-state index in [2.05, 4.69) is 24.8 Å². The average Bonchev–Trinajstić information content (AvgIpc) is 2.13. The first-order chi connectivity index (χ1) is 6.60. The van der Waals surface area contributed by atoms with Crippen LogP contribution in [-0.2, 0) is 0 Å². The topological polar surface area (TPSA) is 50.8 Å². The van der Waals surface area contributed by atoms with Gasteiger partial charge in [-0.25, -0.2) is 0 Å². The maximum Gasteiger partial charge on any atom is 0.133 e. The van der Waals surface area contributed by atoms with Crippen molar-refractivity contribution in [1.82, 2.24) is 4.90 Å². The van der Waals surface area contributed by atoms with Gasteiger partial charge in [0.15, 0.2) is 0 Å². The molecule has 0 aliphatic carbocycles. The van der Waals surface area contributed by atoms with E-state index in [9.17, 15) is 0 Å². The number of rotatable bonds is 6. The molecule has 0 aliphatic heterocycles. The molecular weight excluding hydrogens is 198 g/mol. The fourth-order valence-corrected chi connectivity index (χ4v) is 1.44. The van der Waals surface area contributed by atoms with Crippen LogP contribution in [0.3, 0.4) is 0 Å². The van der Waals surface area contributed by atoms with Crippen LogP contribution in [0.1, 0.15) is 20.3 Å². The summed E-state index contributed by atoms with van der Waals surface area (Å²) < 4.78 is 0. The molecule has 1 unspecified atom stereocenters. The highest BCUT2D eigenvalue weighted by Gasteiger charge is 2.11. The summed E-state index contributed by atoms with van der Waals surface area (Å²) >= 11 is 5.74. The average molecular weight is 214 g/mol. The van der Waals surface area contributed by atoms with Crippen LogP contribution >= 0.6 is 11.6 Å². The van der Waals surface area contributed by atoms with E-state index in [1.165, 1.54) is 0 Å². The Kier molecular flexibility index (Phi) is 7.20. The molecule has 0 amide bonds. The maximum absolute atomic E-state index is 8.57. The van der Waals surface area contributed by atoms with Crippen molar-refractivity contribution in [2.45, 2.75) is 25.6 Å². The zero-order valence-corrected chi connectivity index (χ0v) is 9.46. The summed E-state index contributed by atoms with van der Waals surface area (Å²) in [6.07, 6.45) is 0.488. The number of nitrogens with zero attached hydrogens (tertiary/aromatic N) is 3. The third kappa shape index (κ3) is 6.71. The van der Waals surface area contributed by atoms with E-state index in [4.69, 9.17) is 22.1 Å². The van der Waals surface area contributed by atoms with Gasteiger partial charge in [0, 0.05) is 26.1 Å². The summed E-state index contributed by atoms with van der Waals surface area (Å²) in [6, 6.07) is 4.08. The van der Waals surface area contributed by atoms with E-state index in [0.29, 0.717) is 25.4 Å². The lowest BCUT2D eigenvalue weighted by Gasteiger charge is -2.23. The lowest BCUT2D eigenvalue weighted by atomic mass is 10.2. The maximum atomic E-state index is 8.57. The molecular formula is C10H16ClN3. The van der Waals surface area contributed by atoms with E-state index < -0.39 is 5.38 Å². The molecule has 0 bridgehead atoms. The lowest BCUT2D eigenvalue weighted by Crippen LogP contribution is -2.33. The minimum atomic E-state index is -0.479. The van der Waals surface area contributed by atoms with E-state index in [-0.39, 0.29) is 0 Å². The number of hydrogen-bond acceptors (Lipinski definition) is 3. The first-order valence-electron chi connectivity index (χ1n) is 4.73. The summed E-state index contributed by atoms with van der Waals surface area (Å²) in [5.74, 6) is 0.524. The monoisotopic (exact) mass is 213 g/mol. The van der Waals surface area contributed by atoms with Crippen molar-refractivity contribution in [2.75, 3.05) is 19.6 Å². The van der Waals surface area contributed by atoms with Gasteiger partial charge in [-0.15, -0.1) is 11.6 Å². The predicted molar refractivity (Wildman–Crippen MR) is 56.8 cm³/mol. The molecule has 0 aromatic carbocycles. The van der Waals surface area contributed by atoms with Crippen LogP contribution in [-0.4, -0.2) is 29.9 Å². The van der Waals surface area contributed by atoms with Gasteiger partial charge in [-0.3, -0.25) is 4.90 Å². The van der Waals surface area contributed by atoms with Crippen molar-refractivity contribution >= 4 is 11.6 Å². The molecule has 0 aliphatic rings. The first-order valence-corrected chi connectivity index (χ1v) is 5.16. The van der Waals surface area contributed by atoms with E-state index in [1.807, 2.05) is 6.07 Å². The third-order valence-corrected chi connectivity index (χ3v) is 1.96. The number of alkyl halides is 1. The molecule has 0 aromatic heterocycles. The molecule has 0 spiro atoms. The van der Waals surface area contributed by atoms with E-state index >= 15 is 0 Å². The molecule has 0 fully saturated rings. The summed E-state index contributed by atoms with van der Waals surface area (Å²) in [6.45, 7) is 6.33. The van der Waals surface area contributed by atoms with Crippen LogP contribution in [0.15, 0.2) is 0 Å². The van der Waals surface area contributed by atoms with Crippen LogP contribution in [0.4, 0.5) is 0 Å². The Hall–Kier alpha value is -0.770. The Morgan fingerprint density at radius 3 is 2.36 bits per heavy atom. The minimum Gasteiger partial charge on any atom is -0.300 e. The van der Waals surface area contributed by atoms with Gasteiger partial charge in [0.25, 0.3) is 0 Å². The zero-order valence-electron chi connectivity index (χ0n) is 8.70. The quantitative estimate of drug-likeness (QED) is 0.634. The number of nitriles is 2. The molecule has 0 rings (SSSR count). The van der Waals surface area contributed by atoms with Gasteiger partial charge in [-0.05, 0) is 5.92 Å². The summed E-state index contributed by atoms with van der Waals surface area (Å²) in [7, 11) is 0. The van der Waals surface area contributed by atoms with Gasteiger partial charge in [0.1, 0.15) is 5.38 Å². The molecule has 0 heterocycles. The van der Waals surface area contributed by atoms with Crippen molar-refractivity contribution < 1.29 is 0 Å². The summed E-state index contributed by atoms with van der Waals surface area (Å²) in [5, 5.41) is 16.6. The number of halogens is 1. The molecule has 0 radical (unpaired) electrons. The van der Waals surface area contributed by atoms with Crippen LogP contribution in [0.5, 0.6) is 0 Å². The molecule has 3 nitrogen and oxygen atoms in total. The second kappa shape index (κ2) is 7.62. The molecule has 0 saturated heterocycles. The Labute approximate surface area is 90.9 Å². The highest BCUT2D eigenvalue weighted by Crippen LogP contribution is 2.04.